The van der Waals surface area contributed by atoms with Crippen LogP contribution in [0.5, 0.6) is 5.75 Å². The molecule has 3 aromatic carbocycles. The fourth-order valence-corrected chi connectivity index (χ4v) is 4.85. The van der Waals surface area contributed by atoms with E-state index >= 15 is 0 Å². The van der Waals surface area contributed by atoms with E-state index in [0.717, 1.165) is 77.2 Å². The minimum atomic E-state index is 0.370. The Morgan fingerprint density at radius 2 is 1.17 bits per heavy atom. The zero-order chi connectivity index (χ0) is 24.8. The van der Waals surface area contributed by atoms with Gasteiger partial charge >= 0.3 is 0 Å². The van der Waals surface area contributed by atoms with Crippen LogP contribution in [0.25, 0.3) is 11.1 Å². The number of fused-ring (bicyclic) bond motifs is 3. The highest BCUT2D eigenvalue weighted by molar-refractivity contribution is 5.76. The SMILES string of the molecule is Oc1ccccc1CNCCCNCCCCNCCCNCc1ccc2c(c1)Cc1ccccc1-2. The Bertz CT molecular complexity index is 1070. The molecule has 3 aromatic rings. The average molecular weight is 487 g/mol. The van der Waals surface area contributed by atoms with Crippen LogP contribution in [0.4, 0.5) is 0 Å². The highest BCUT2D eigenvalue weighted by Gasteiger charge is 2.17. The lowest BCUT2D eigenvalue weighted by atomic mass is 10.0. The van der Waals surface area contributed by atoms with Crippen molar-refractivity contribution >= 4 is 0 Å². The standard InChI is InChI=1S/C31H42N4O/c36-31-12-4-2-10-27(31)24-35-20-8-18-33-16-6-5-15-32-17-7-19-34-23-25-13-14-30-28(21-25)22-26-9-1-3-11-29(26)30/h1-4,9-14,21,32-36H,5-8,15-20,22-24H2. The molecule has 0 heterocycles. The maximum atomic E-state index is 9.76. The monoisotopic (exact) mass is 486 g/mol. The first-order valence-electron chi connectivity index (χ1n) is 13.6. The van der Waals surface area contributed by atoms with Crippen LogP contribution in [0.1, 0.15) is 47.9 Å². The summed E-state index contributed by atoms with van der Waals surface area (Å²) in [6.07, 6.45) is 5.74. The molecule has 192 valence electrons. The first-order chi connectivity index (χ1) is 17.8. The Kier molecular flexibility index (Phi) is 10.8. The van der Waals surface area contributed by atoms with Gasteiger partial charge in [-0.15, -0.1) is 0 Å². The van der Waals surface area contributed by atoms with Gasteiger partial charge in [-0.25, -0.2) is 0 Å². The van der Waals surface area contributed by atoms with E-state index in [1.807, 2.05) is 18.2 Å². The Morgan fingerprint density at radius 1 is 0.556 bits per heavy atom. The topological polar surface area (TPSA) is 68.3 Å². The van der Waals surface area contributed by atoms with Gasteiger partial charge in [-0.3, -0.25) is 0 Å². The third kappa shape index (κ3) is 8.17. The number of aromatic hydroxyl groups is 1. The van der Waals surface area contributed by atoms with Crippen LogP contribution in [0.3, 0.4) is 0 Å². The van der Waals surface area contributed by atoms with E-state index < -0.39 is 0 Å². The molecule has 0 aromatic heterocycles. The third-order valence-corrected chi connectivity index (χ3v) is 6.87. The lowest BCUT2D eigenvalue weighted by Gasteiger charge is -2.09. The number of hydrogen-bond acceptors (Lipinski definition) is 5. The van der Waals surface area contributed by atoms with Crippen molar-refractivity contribution in [2.24, 2.45) is 0 Å². The van der Waals surface area contributed by atoms with Crippen LogP contribution in [0.2, 0.25) is 0 Å². The Balaban J connectivity index is 0.925. The fraction of sp³-hybridized carbons (Fsp3) is 0.419. The fourth-order valence-electron chi connectivity index (χ4n) is 4.85. The van der Waals surface area contributed by atoms with Crippen LogP contribution in [-0.2, 0) is 19.5 Å². The molecule has 0 spiro atoms. The summed E-state index contributed by atoms with van der Waals surface area (Å²) in [6, 6.07) is 23.2. The summed E-state index contributed by atoms with van der Waals surface area (Å²) in [7, 11) is 0. The Hall–Kier alpha value is -2.70. The third-order valence-electron chi connectivity index (χ3n) is 6.87. The molecule has 0 aliphatic heterocycles. The predicted molar refractivity (Wildman–Crippen MR) is 150 cm³/mol. The molecule has 4 rings (SSSR count). The van der Waals surface area contributed by atoms with E-state index in [-0.39, 0.29) is 0 Å². The number of phenols is 1. The number of phenolic OH excluding ortho intramolecular Hbond substituents is 1. The molecule has 0 unspecified atom stereocenters. The van der Waals surface area contributed by atoms with Gasteiger partial charge in [0.15, 0.2) is 0 Å². The molecule has 0 atom stereocenters. The average Bonchev–Trinajstić information content (AvgIpc) is 3.27. The number of rotatable bonds is 17. The molecule has 5 heteroatoms. The van der Waals surface area contributed by atoms with Crippen LogP contribution in [0, 0.1) is 0 Å². The van der Waals surface area contributed by atoms with E-state index in [4.69, 9.17) is 0 Å². The number of para-hydroxylation sites is 1. The molecule has 0 bridgehead atoms. The number of benzene rings is 3. The lowest BCUT2D eigenvalue weighted by Crippen LogP contribution is -2.24. The molecule has 0 radical (unpaired) electrons. The van der Waals surface area contributed by atoms with Crippen molar-refractivity contribution in [1.29, 1.82) is 0 Å². The molecular weight excluding hydrogens is 444 g/mol. The Morgan fingerprint density at radius 3 is 1.94 bits per heavy atom. The van der Waals surface area contributed by atoms with Gasteiger partial charge in [-0.1, -0.05) is 60.7 Å². The molecular formula is C31H42N4O. The summed E-state index contributed by atoms with van der Waals surface area (Å²) in [4.78, 5) is 0. The van der Waals surface area contributed by atoms with Gasteiger partial charge in [0, 0.05) is 18.7 Å². The largest absolute Gasteiger partial charge is 0.508 e. The summed E-state index contributed by atoms with van der Waals surface area (Å²) in [5.41, 5.74) is 8.07. The minimum Gasteiger partial charge on any atom is -0.508 e. The van der Waals surface area contributed by atoms with Crippen LogP contribution in [0.15, 0.2) is 66.7 Å². The maximum Gasteiger partial charge on any atom is 0.120 e. The predicted octanol–water partition coefficient (Wildman–Crippen LogP) is 4.58. The van der Waals surface area contributed by atoms with E-state index in [1.54, 1.807) is 6.07 Å². The van der Waals surface area contributed by atoms with Crippen molar-refractivity contribution in [3.8, 4) is 16.9 Å². The number of hydrogen-bond donors (Lipinski definition) is 5. The van der Waals surface area contributed by atoms with Crippen molar-refractivity contribution in [1.82, 2.24) is 21.3 Å². The van der Waals surface area contributed by atoms with Crippen molar-refractivity contribution in [2.75, 3.05) is 39.3 Å². The van der Waals surface area contributed by atoms with Gasteiger partial charge < -0.3 is 26.4 Å². The van der Waals surface area contributed by atoms with Crippen LogP contribution >= 0.6 is 0 Å². The second kappa shape index (κ2) is 14.8. The quantitative estimate of drug-likeness (QED) is 0.141. The molecule has 1 aliphatic rings. The van der Waals surface area contributed by atoms with Gasteiger partial charge in [0.05, 0.1) is 0 Å². The Labute approximate surface area is 216 Å². The molecule has 36 heavy (non-hydrogen) atoms. The smallest absolute Gasteiger partial charge is 0.120 e. The van der Waals surface area contributed by atoms with E-state index in [0.29, 0.717) is 5.75 Å². The summed E-state index contributed by atoms with van der Waals surface area (Å²) < 4.78 is 0. The lowest BCUT2D eigenvalue weighted by molar-refractivity contribution is 0.463. The van der Waals surface area contributed by atoms with Gasteiger partial charge in [-0.2, -0.15) is 0 Å². The highest BCUT2D eigenvalue weighted by atomic mass is 16.3. The van der Waals surface area contributed by atoms with Gasteiger partial charge in [0.25, 0.3) is 0 Å². The second-order valence-corrected chi connectivity index (χ2v) is 9.72. The van der Waals surface area contributed by atoms with Gasteiger partial charge in [0.2, 0.25) is 0 Å². The van der Waals surface area contributed by atoms with Crippen molar-refractivity contribution < 1.29 is 5.11 Å². The summed E-state index contributed by atoms with van der Waals surface area (Å²) in [6.45, 7) is 7.94. The van der Waals surface area contributed by atoms with Gasteiger partial charge in [-0.05, 0) is 105 Å². The van der Waals surface area contributed by atoms with E-state index in [9.17, 15) is 5.11 Å². The van der Waals surface area contributed by atoms with Gasteiger partial charge in [0.1, 0.15) is 5.75 Å². The number of unbranched alkanes of at least 4 members (excludes halogenated alkanes) is 1. The molecule has 0 saturated heterocycles. The first-order valence-corrected chi connectivity index (χ1v) is 13.6. The van der Waals surface area contributed by atoms with E-state index in [1.165, 1.54) is 40.7 Å². The van der Waals surface area contributed by atoms with Crippen molar-refractivity contribution in [3.63, 3.8) is 0 Å². The van der Waals surface area contributed by atoms with Crippen LogP contribution < -0.4 is 21.3 Å². The molecule has 0 saturated carbocycles. The molecule has 5 nitrogen and oxygen atoms in total. The molecule has 5 N–H and O–H groups in total. The first kappa shape index (κ1) is 26.4. The second-order valence-electron chi connectivity index (χ2n) is 9.72. The maximum absolute atomic E-state index is 9.76. The number of nitrogens with one attached hydrogen (secondary N) is 4. The minimum absolute atomic E-state index is 0.370. The molecule has 1 aliphatic carbocycles. The molecule has 0 amide bonds. The summed E-state index contributed by atoms with van der Waals surface area (Å²) in [5.74, 6) is 0.370. The van der Waals surface area contributed by atoms with Crippen LogP contribution in [-0.4, -0.2) is 44.4 Å². The zero-order valence-corrected chi connectivity index (χ0v) is 21.5. The highest BCUT2D eigenvalue weighted by Crippen LogP contribution is 2.36. The summed E-state index contributed by atoms with van der Waals surface area (Å²) >= 11 is 0. The van der Waals surface area contributed by atoms with E-state index in [2.05, 4.69) is 63.7 Å². The zero-order valence-electron chi connectivity index (χ0n) is 21.5. The molecule has 0 fully saturated rings. The summed E-state index contributed by atoms with van der Waals surface area (Å²) in [5, 5.41) is 23.8. The van der Waals surface area contributed by atoms with Crippen molar-refractivity contribution in [3.05, 3.63) is 89.0 Å². The normalized spacial score (nSPS) is 12.0. The van der Waals surface area contributed by atoms with Crippen molar-refractivity contribution in [2.45, 2.75) is 45.2 Å².